The molecule has 0 aliphatic carbocycles. The highest BCUT2D eigenvalue weighted by molar-refractivity contribution is 7.14. The third kappa shape index (κ3) is 4.80. The van der Waals surface area contributed by atoms with Crippen molar-refractivity contribution in [3.63, 3.8) is 0 Å². The Bertz CT molecular complexity index is 586. The molecule has 0 spiro atoms. The highest BCUT2D eigenvalue weighted by Crippen LogP contribution is 2.28. The molecule has 2 rings (SSSR count). The molecule has 1 N–H and O–H groups in total. The van der Waals surface area contributed by atoms with Crippen LogP contribution in [0, 0.1) is 11.8 Å². The van der Waals surface area contributed by atoms with Crippen LogP contribution in [0.4, 0.5) is 0 Å². The van der Waals surface area contributed by atoms with E-state index in [-0.39, 0.29) is 4.87 Å². The van der Waals surface area contributed by atoms with Crippen LogP contribution in [0.5, 0.6) is 0 Å². The Morgan fingerprint density at radius 1 is 1.19 bits per heavy atom. The van der Waals surface area contributed by atoms with Gasteiger partial charge < -0.3 is 4.98 Å². The lowest BCUT2D eigenvalue weighted by molar-refractivity contribution is 0.213. The smallest absolute Gasteiger partial charge is 0.305 e. The van der Waals surface area contributed by atoms with Crippen LogP contribution in [-0.4, -0.2) is 23.0 Å². The summed E-state index contributed by atoms with van der Waals surface area (Å²) < 4.78 is 0. The maximum Gasteiger partial charge on any atom is 0.305 e. The summed E-state index contributed by atoms with van der Waals surface area (Å²) in [5.41, 5.74) is 1.01. The molecule has 0 unspecified atom stereocenters. The molecule has 21 heavy (non-hydrogen) atoms. The van der Waals surface area contributed by atoms with Crippen LogP contribution in [-0.2, 0) is 6.54 Å². The van der Waals surface area contributed by atoms with Crippen LogP contribution in [0.1, 0.15) is 32.6 Å². The monoisotopic (exact) mass is 324 g/mol. The van der Waals surface area contributed by atoms with Crippen molar-refractivity contribution in [1.29, 1.82) is 0 Å². The summed E-state index contributed by atoms with van der Waals surface area (Å²) in [5.74, 6) is 1.26. The van der Waals surface area contributed by atoms with Gasteiger partial charge in [0.1, 0.15) is 0 Å². The van der Waals surface area contributed by atoms with E-state index >= 15 is 0 Å². The van der Waals surface area contributed by atoms with Gasteiger partial charge in [0.2, 0.25) is 0 Å². The summed E-state index contributed by atoms with van der Waals surface area (Å²) in [4.78, 5) is 19.6. The SMILES string of the molecule is CC(C)CN(Cc1sc(=O)[nH]c1-c1cccs1)CC(C)C. The minimum Gasteiger partial charge on any atom is -0.311 e. The van der Waals surface area contributed by atoms with Gasteiger partial charge in [-0.25, -0.2) is 0 Å². The number of H-pyrrole nitrogens is 1. The summed E-state index contributed by atoms with van der Waals surface area (Å²) in [6, 6.07) is 4.10. The maximum atomic E-state index is 11.8. The number of rotatable bonds is 7. The molecule has 0 aromatic carbocycles. The Morgan fingerprint density at radius 3 is 2.38 bits per heavy atom. The first kappa shape index (κ1) is 16.5. The highest BCUT2D eigenvalue weighted by Gasteiger charge is 2.16. The Balaban J connectivity index is 2.22. The summed E-state index contributed by atoms with van der Waals surface area (Å²) in [5, 5.41) is 2.05. The van der Waals surface area contributed by atoms with E-state index in [0.717, 1.165) is 35.1 Å². The van der Waals surface area contributed by atoms with Gasteiger partial charge in [0, 0.05) is 24.5 Å². The fraction of sp³-hybridized carbons (Fsp3) is 0.562. The number of hydrogen-bond acceptors (Lipinski definition) is 4. The van der Waals surface area contributed by atoms with E-state index in [0.29, 0.717) is 11.8 Å². The van der Waals surface area contributed by atoms with Crippen LogP contribution in [0.25, 0.3) is 10.6 Å². The normalized spacial score (nSPS) is 12.0. The lowest BCUT2D eigenvalue weighted by Crippen LogP contribution is -2.30. The lowest BCUT2D eigenvalue weighted by atomic mass is 10.1. The molecule has 0 aliphatic heterocycles. The molecule has 2 aromatic heterocycles. The molecule has 5 heteroatoms. The number of nitrogens with one attached hydrogen (secondary N) is 1. The Labute approximate surface area is 134 Å². The molecule has 0 saturated carbocycles. The summed E-state index contributed by atoms with van der Waals surface area (Å²) in [7, 11) is 0. The van der Waals surface area contributed by atoms with E-state index in [1.165, 1.54) is 11.3 Å². The van der Waals surface area contributed by atoms with Crippen molar-refractivity contribution in [2.45, 2.75) is 34.2 Å². The zero-order valence-corrected chi connectivity index (χ0v) is 14.8. The van der Waals surface area contributed by atoms with Gasteiger partial charge in [-0.15, -0.1) is 11.3 Å². The largest absolute Gasteiger partial charge is 0.311 e. The molecule has 0 radical (unpaired) electrons. The second kappa shape index (κ2) is 7.38. The van der Waals surface area contributed by atoms with Crippen LogP contribution in [0.2, 0.25) is 0 Å². The maximum absolute atomic E-state index is 11.8. The van der Waals surface area contributed by atoms with Crippen molar-refractivity contribution < 1.29 is 0 Å². The summed E-state index contributed by atoms with van der Waals surface area (Å²) >= 11 is 3.03. The van der Waals surface area contributed by atoms with E-state index < -0.39 is 0 Å². The van der Waals surface area contributed by atoms with Crippen molar-refractivity contribution in [2.24, 2.45) is 11.8 Å². The second-order valence-electron chi connectivity index (χ2n) is 6.27. The molecule has 0 amide bonds. The first-order chi connectivity index (χ1) is 9.95. The molecule has 2 aromatic rings. The van der Waals surface area contributed by atoms with Crippen molar-refractivity contribution in [1.82, 2.24) is 9.88 Å². The minimum absolute atomic E-state index is 0.0439. The molecule has 0 saturated heterocycles. The van der Waals surface area contributed by atoms with Crippen LogP contribution >= 0.6 is 22.7 Å². The Hall–Kier alpha value is -0.910. The summed E-state index contributed by atoms with van der Waals surface area (Å²) in [6.45, 7) is 12.0. The molecule has 0 atom stereocenters. The molecule has 2 heterocycles. The summed E-state index contributed by atoms with van der Waals surface area (Å²) in [6.07, 6.45) is 0. The number of aromatic amines is 1. The van der Waals surface area contributed by atoms with Gasteiger partial charge >= 0.3 is 4.87 Å². The second-order valence-corrected chi connectivity index (χ2v) is 8.29. The van der Waals surface area contributed by atoms with Crippen molar-refractivity contribution in [3.05, 3.63) is 32.1 Å². The first-order valence-electron chi connectivity index (χ1n) is 7.44. The zero-order chi connectivity index (χ0) is 15.4. The standard InChI is InChI=1S/C16H24N2OS2/c1-11(2)8-18(9-12(3)4)10-14-15(17-16(19)21-14)13-6-5-7-20-13/h5-7,11-12H,8-10H2,1-4H3,(H,17,19). The van der Waals surface area contributed by atoms with Crippen molar-refractivity contribution in [2.75, 3.05) is 13.1 Å². The van der Waals surface area contributed by atoms with Gasteiger partial charge in [-0.2, -0.15) is 0 Å². The van der Waals surface area contributed by atoms with Gasteiger partial charge in [0.05, 0.1) is 10.6 Å². The zero-order valence-electron chi connectivity index (χ0n) is 13.2. The van der Waals surface area contributed by atoms with E-state index in [1.807, 2.05) is 6.07 Å². The molecule has 0 fully saturated rings. The van der Waals surface area contributed by atoms with Crippen molar-refractivity contribution in [3.8, 4) is 10.6 Å². The number of aromatic nitrogens is 1. The van der Waals surface area contributed by atoms with Crippen molar-refractivity contribution >= 4 is 22.7 Å². The van der Waals surface area contributed by atoms with Gasteiger partial charge in [0.15, 0.2) is 0 Å². The lowest BCUT2D eigenvalue weighted by Gasteiger charge is -2.25. The predicted octanol–water partition coefficient (Wildman–Crippen LogP) is 4.28. The average molecular weight is 325 g/mol. The van der Waals surface area contributed by atoms with Gasteiger partial charge in [0.25, 0.3) is 0 Å². The van der Waals surface area contributed by atoms with E-state index in [9.17, 15) is 4.79 Å². The molecule has 116 valence electrons. The van der Waals surface area contributed by atoms with Gasteiger partial charge in [-0.3, -0.25) is 9.69 Å². The van der Waals surface area contributed by atoms with E-state index in [2.05, 4.69) is 49.0 Å². The molecule has 0 bridgehead atoms. The number of nitrogens with zero attached hydrogens (tertiary/aromatic N) is 1. The fourth-order valence-electron chi connectivity index (χ4n) is 2.53. The van der Waals surface area contributed by atoms with Crippen LogP contribution < -0.4 is 4.87 Å². The number of hydrogen-bond donors (Lipinski definition) is 1. The van der Waals surface area contributed by atoms with Gasteiger partial charge in [-0.05, 0) is 23.3 Å². The predicted molar refractivity (Wildman–Crippen MR) is 93.2 cm³/mol. The highest BCUT2D eigenvalue weighted by atomic mass is 32.1. The molecule has 3 nitrogen and oxygen atoms in total. The van der Waals surface area contributed by atoms with Crippen LogP contribution in [0.15, 0.2) is 22.3 Å². The van der Waals surface area contributed by atoms with E-state index in [4.69, 9.17) is 0 Å². The van der Waals surface area contributed by atoms with Crippen LogP contribution in [0.3, 0.4) is 0 Å². The first-order valence-corrected chi connectivity index (χ1v) is 9.13. The topological polar surface area (TPSA) is 36.1 Å². The van der Waals surface area contributed by atoms with E-state index in [1.54, 1.807) is 11.3 Å². The molecular formula is C16H24N2OS2. The number of thiophene rings is 1. The quantitative estimate of drug-likeness (QED) is 0.825. The molecule has 0 aliphatic rings. The third-order valence-electron chi connectivity index (χ3n) is 3.10. The molecular weight excluding hydrogens is 300 g/mol. The fourth-order valence-corrected chi connectivity index (χ4v) is 4.24. The average Bonchev–Trinajstić information content (AvgIpc) is 2.96. The van der Waals surface area contributed by atoms with Gasteiger partial charge in [-0.1, -0.05) is 45.1 Å². The Morgan fingerprint density at radius 2 is 1.86 bits per heavy atom. The third-order valence-corrected chi connectivity index (χ3v) is 4.86. The minimum atomic E-state index is 0.0439. The number of thiazole rings is 1. The Kier molecular flexibility index (Phi) is 5.79.